The van der Waals surface area contributed by atoms with Gasteiger partial charge in [0, 0.05) is 0 Å². The van der Waals surface area contributed by atoms with Crippen LogP contribution in [0.2, 0.25) is 0 Å². The monoisotopic (exact) mass is 268 g/mol. The zero-order chi connectivity index (χ0) is 13.2. The number of carbonyl (C=O) groups excluding carboxylic acids is 1. The van der Waals surface area contributed by atoms with E-state index < -0.39 is 21.6 Å². The van der Waals surface area contributed by atoms with E-state index in [0.717, 1.165) is 24.8 Å². The molecular weight excluding hydrogens is 252 g/mol. The van der Waals surface area contributed by atoms with Gasteiger partial charge in [-0.1, -0.05) is 6.07 Å². The first-order chi connectivity index (χ1) is 8.53. The van der Waals surface area contributed by atoms with Gasteiger partial charge in [-0.05, 0) is 49.4 Å². The number of carbonyl (C=O) groups is 1. The van der Waals surface area contributed by atoms with Gasteiger partial charge in [-0.25, -0.2) is 8.42 Å². The number of benzene rings is 1. The van der Waals surface area contributed by atoms with Crippen LogP contribution in [0, 0.1) is 0 Å². The van der Waals surface area contributed by atoms with Crippen molar-refractivity contribution >= 4 is 15.8 Å². The number of rotatable bonds is 4. The van der Waals surface area contributed by atoms with E-state index in [1.807, 2.05) is 6.07 Å². The lowest BCUT2D eigenvalue weighted by Crippen LogP contribution is -2.18. The molecule has 0 fully saturated rings. The average Bonchev–Trinajstić information content (AvgIpc) is 2.75. The van der Waals surface area contributed by atoms with Crippen LogP contribution < -0.4 is 0 Å². The lowest BCUT2D eigenvalue weighted by Gasteiger charge is -2.06. The summed E-state index contributed by atoms with van der Waals surface area (Å²) in [6, 6.07) is 5.12. The fraction of sp³-hybridized carbons (Fsp3) is 0.462. The summed E-state index contributed by atoms with van der Waals surface area (Å²) >= 11 is 0. The molecule has 0 bridgehead atoms. The summed E-state index contributed by atoms with van der Waals surface area (Å²) in [4.78, 5) is 11.5. The molecule has 1 aliphatic carbocycles. The molecule has 0 aliphatic heterocycles. The first-order valence-corrected chi connectivity index (χ1v) is 7.68. The number of ether oxygens (including phenoxy) is 1. The first kappa shape index (κ1) is 13.1. The largest absolute Gasteiger partial charge is 0.465 e. The summed E-state index contributed by atoms with van der Waals surface area (Å²) in [6.45, 7) is 1.85. The van der Waals surface area contributed by atoms with Crippen LogP contribution in [0.5, 0.6) is 0 Å². The molecule has 18 heavy (non-hydrogen) atoms. The van der Waals surface area contributed by atoms with E-state index in [2.05, 4.69) is 4.74 Å². The first-order valence-electron chi connectivity index (χ1n) is 6.03. The maximum absolute atomic E-state index is 12.0. The topological polar surface area (TPSA) is 60.4 Å². The van der Waals surface area contributed by atoms with Gasteiger partial charge >= 0.3 is 5.97 Å². The molecule has 2 rings (SSSR count). The standard InChI is InChI=1S/C13H16O4S/c1-2-17-13(14)9-18(15,16)12-7-6-10-4-3-5-11(10)8-12/h6-8H,2-5,9H2,1H3. The molecule has 0 radical (unpaired) electrons. The Kier molecular flexibility index (Phi) is 3.71. The third-order valence-corrected chi connectivity index (χ3v) is 4.63. The van der Waals surface area contributed by atoms with Crippen LogP contribution >= 0.6 is 0 Å². The maximum Gasteiger partial charge on any atom is 0.321 e. The average molecular weight is 268 g/mol. The van der Waals surface area contributed by atoms with E-state index in [9.17, 15) is 13.2 Å². The van der Waals surface area contributed by atoms with Crippen molar-refractivity contribution in [2.75, 3.05) is 12.4 Å². The quantitative estimate of drug-likeness (QED) is 0.777. The number of sulfone groups is 1. The molecule has 1 aromatic rings. The highest BCUT2D eigenvalue weighted by Gasteiger charge is 2.22. The molecule has 5 heteroatoms. The van der Waals surface area contributed by atoms with E-state index in [1.165, 1.54) is 5.56 Å². The van der Waals surface area contributed by atoms with Gasteiger partial charge in [0.05, 0.1) is 11.5 Å². The van der Waals surface area contributed by atoms with Crippen molar-refractivity contribution in [3.05, 3.63) is 29.3 Å². The van der Waals surface area contributed by atoms with Crippen molar-refractivity contribution < 1.29 is 17.9 Å². The van der Waals surface area contributed by atoms with Gasteiger partial charge in [-0.2, -0.15) is 0 Å². The Morgan fingerprint density at radius 1 is 1.28 bits per heavy atom. The van der Waals surface area contributed by atoms with Gasteiger partial charge in [0.25, 0.3) is 0 Å². The third-order valence-electron chi connectivity index (χ3n) is 3.04. The van der Waals surface area contributed by atoms with Crippen molar-refractivity contribution in [1.29, 1.82) is 0 Å². The van der Waals surface area contributed by atoms with Crippen molar-refractivity contribution in [1.82, 2.24) is 0 Å². The molecule has 0 spiro atoms. The summed E-state index contributed by atoms with van der Waals surface area (Å²) in [5.74, 6) is -1.28. The molecule has 1 aliphatic rings. The Morgan fingerprint density at radius 3 is 2.72 bits per heavy atom. The molecule has 0 heterocycles. The highest BCUT2D eigenvalue weighted by Crippen LogP contribution is 2.25. The van der Waals surface area contributed by atoms with Crippen LogP contribution in [-0.4, -0.2) is 26.7 Å². The van der Waals surface area contributed by atoms with Crippen LogP contribution in [0.3, 0.4) is 0 Å². The predicted octanol–water partition coefficient (Wildman–Crippen LogP) is 1.51. The van der Waals surface area contributed by atoms with Crippen LogP contribution in [0.4, 0.5) is 0 Å². The SMILES string of the molecule is CCOC(=O)CS(=O)(=O)c1ccc2c(c1)CCC2. The summed E-state index contributed by atoms with van der Waals surface area (Å²) in [5, 5.41) is 0. The highest BCUT2D eigenvalue weighted by molar-refractivity contribution is 7.92. The predicted molar refractivity (Wildman–Crippen MR) is 67.2 cm³/mol. The van der Waals surface area contributed by atoms with E-state index >= 15 is 0 Å². The van der Waals surface area contributed by atoms with Crippen LogP contribution in [-0.2, 0) is 32.2 Å². The van der Waals surface area contributed by atoms with Crippen molar-refractivity contribution in [2.45, 2.75) is 31.1 Å². The van der Waals surface area contributed by atoms with Gasteiger partial charge in [-0.3, -0.25) is 4.79 Å². The van der Waals surface area contributed by atoms with Gasteiger partial charge in [0.1, 0.15) is 0 Å². The molecular formula is C13H16O4S. The Balaban J connectivity index is 2.22. The molecule has 0 saturated carbocycles. The number of aryl methyl sites for hydroxylation is 2. The molecule has 0 atom stereocenters. The molecule has 0 aromatic heterocycles. The fourth-order valence-electron chi connectivity index (χ4n) is 2.18. The van der Waals surface area contributed by atoms with Crippen LogP contribution in [0.1, 0.15) is 24.5 Å². The molecule has 98 valence electrons. The lowest BCUT2D eigenvalue weighted by atomic mass is 10.1. The van der Waals surface area contributed by atoms with Gasteiger partial charge in [-0.15, -0.1) is 0 Å². The van der Waals surface area contributed by atoms with E-state index in [1.54, 1.807) is 19.1 Å². The van der Waals surface area contributed by atoms with Gasteiger partial charge in [0.15, 0.2) is 15.6 Å². The summed E-state index contributed by atoms with van der Waals surface area (Å²) in [6.07, 6.45) is 2.99. The Labute approximate surface area is 107 Å². The third kappa shape index (κ3) is 2.72. The van der Waals surface area contributed by atoms with Crippen molar-refractivity contribution in [2.24, 2.45) is 0 Å². The number of esters is 1. The molecule has 0 saturated heterocycles. The van der Waals surface area contributed by atoms with Crippen LogP contribution in [0.15, 0.2) is 23.1 Å². The number of hydrogen-bond acceptors (Lipinski definition) is 4. The van der Waals surface area contributed by atoms with Crippen LogP contribution in [0.25, 0.3) is 0 Å². The molecule has 1 aromatic carbocycles. The second kappa shape index (κ2) is 5.10. The molecule has 0 N–H and O–H groups in total. The Bertz CT molecular complexity index is 560. The Hall–Kier alpha value is -1.36. The second-order valence-electron chi connectivity index (χ2n) is 4.35. The molecule has 0 unspecified atom stereocenters. The minimum atomic E-state index is -3.58. The number of hydrogen-bond donors (Lipinski definition) is 0. The van der Waals surface area contributed by atoms with E-state index in [0.29, 0.717) is 0 Å². The zero-order valence-corrected chi connectivity index (χ0v) is 11.1. The maximum atomic E-state index is 12.0. The van der Waals surface area contributed by atoms with Gasteiger partial charge in [0.2, 0.25) is 0 Å². The zero-order valence-electron chi connectivity index (χ0n) is 10.3. The molecule has 4 nitrogen and oxygen atoms in total. The van der Waals surface area contributed by atoms with E-state index in [4.69, 9.17) is 0 Å². The normalized spacial score (nSPS) is 14.3. The summed E-state index contributed by atoms with van der Waals surface area (Å²) < 4.78 is 28.7. The van der Waals surface area contributed by atoms with Gasteiger partial charge < -0.3 is 4.74 Å². The summed E-state index contributed by atoms with van der Waals surface area (Å²) in [7, 11) is -3.58. The Morgan fingerprint density at radius 2 is 2.00 bits per heavy atom. The fourth-order valence-corrected chi connectivity index (χ4v) is 3.34. The smallest absolute Gasteiger partial charge is 0.321 e. The highest BCUT2D eigenvalue weighted by atomic mass is 32.2. The number of fused-ring (bicyclic) bond motifs is 1. The van der Waals surface area contributed by atoms with E-state index in [-0.39, 0.29) is 11.5 Å². The lowest BCUT2D eigenvalue weighted by molar-refractivity contribution is -0.139. The minimum Gasteiger partial charge on any atom is -0.465 e. The summed E-state index contributed by atoms with van der Waals surface area (Å²) in [5.41, 5.74) is 2.30. The second-order valence-corrected chi connectivity index (χ2v) is 6.34. The van der Waals surface area contributed by atoms with Crippen molar-refractivity contribution in [3.8, 4) is 0 Å². The van der Waals surface area contributed by atoms with Crippen molar-refractivity contribution in [3.63, 3.8) is 0 Å². The molecule has 0 amide bonds. The minimum absolute atomic E-state index is 0.193.